The first kappa shape index (κ1) is 15.5. The molecule has 0 amide bonds. The van der Waals surface area contributed by atoms with Gasteiger partial charge in [0.15, 0.2) is 0 Å². The molecule has 2 unspecified atom stereocenters. The van der Waals surface area contributed by atoms with E-state index in [1.807, 2.05) is 11.3 Å². The lowest BCUT2D eigenvalue weighted by Gasteiger charge is -2.36. The van der Waals surface area contributed by atoms with Crippen LogP contribution in [0.25, 0.3) is 0 Å². The summed E-state index contributed by atoms with van der Waals surface area (Å²) in [5.74, 6) is 0.807. The number of piperidine rings is 1. The summed E-state index contributed by atoms with van der Waals surface area (Å²) in [6, 6.07) is 3.38. The molecule has 1 N–H and O–H groups in total. The molecular formula is C15H25BrN2S. The fourth-order valence-corrected chi connectivity index (χ4v) is 4.43. The van der Waals surface area contributed by atoms with Gasteiger partial charge in [-0.3, -0.25) is 4.90 Å². The van der Waals surface area contributed by atoms with Crippen LogP contribution in [-0.2, 0) is 0 Å². The molecule has 0 saturated carbocycles. The maximum Gasteiger partial charge on any atom is 0.0416 e. The molecule has 1 aliphatic rings. The third-order valence-electron chi connectivity index (χ3n) is 4.03. The van der Waals surface area contributed by atoms with Gasteiger partial charge in [-0.1, -0.05) is 0 Å². The molecule has 0 spiro atoms. The molecule has 0 radical (unpaired) electrons. The van der Waals surface area contributed by atoms with E-state index >= 15 is 0 Å². The van der Waals surface area contributed by atoms with Gasteiger partial charge in [-0.05, 0) is 74.6 Å². The zero-order chi connectivity index (χ0) is 13.8. The number of hydrogen-bond acceptors (Lipinski definition) is 3. The second kappa shape index (κ2) is 7.21. The molecule has 108 valence electrons. The molecule has 1 aromatic rings. The molecule has 1 fully saturated rings. The lowest BCUT2D eigenvalue weighted by Crippen LogP contribution is -2.42. The minimum Gasteiger partial charge on any atom is -0.316 e. The van der Waals surface area contributed by atoms with E-state index in [0.717, 1.165) is 5.92 Å². The van der Waals surface area contributed by atoms with Crippen molar-refractivity contribution in [2.75, 3.05) is 19.6 Å². The Morgan fingerprint density at radius 3 is 2.79 bits per heavy atom. The summed E-state index contributed by atoms with van der Waals surface area (Å²) >= 11 is 5.43. The van der Waals surface area contributed by atoms with E-state index in [1.54, 1.807) is 0 Å². The molecular weight excluding hydrogens is 320 g/mol. The largest absolute Gasteiger partial charge is 0.316 e. The van der Waals surface area contributed by atoms with Crippen LogP contribution in [0.4, 0.5) is 0 Å². The molecule has 2 nitrogen and oxygen atoms in total. The number of thiophene rings is 1. The third-order valence-corrected chi connectivity index (χ3v) is 5.89. The second-order valence-electron chi connectivity index (χ2n) is 5.85. The maximum absolute atomic E-state index is 3.57. The van der Waals surface area contributed by atoms with E-state index in [0.29, 0.717) is 12.1 Å². The lowest BCUT2D eigenvalue weighted by atomic mass is 9.97. The normalized spacial score (nSPS) is 22.1. The summed E-state index contributed by atoms with van der Waals surface area (Å²) in [6.07, 6.45) is 2.70. The Hall–Kier alpha value is 0.1000. The quantitative estimate of drug-likeness (QED) is 0.857. The van der Waals surface area contributed by atoms with Crippen molar-refractivity contribution in [1.29, 1.82) is 0 Å². The highest BCUT2D eigenvalue weighted by Gasteiger charge is 2.24. The van der Waals surface area contributed by atoms with Gasteiger partial charge in [0.2, 0.25) is 0 Å². The standard InChI is InChI=1S/C15H25BrN2S/c1-11(2)18(9-13-5-4-6-17-8-13)12(3)15-7-14(16)10-19-15/h7,10-13,17H,4-6,8-9H2,1-3H3. The van der Waals surface area contributed by atoms with Gasteiger partial charge in [-0.15, -0.1) is 11.3 Å². The molecule has 2 heterocycles. The third kappa shape index (κ3) is 4.28. The van der Waals surface area contributed by atoms with Crippen molar-refractivity contribution in [3.8, 4) is 0 Å². The molecule has 0 bridgehead atoms. The van der Waals surface area contributed by atoms with Crippen LogP contribution in [0.5, 0.6) is 0 Å². The van der Waals surface area contributed by atoms with E-state index in [4.69, 9.17) is 0 Å². The van der Waals surface area contributed by atoms with Gasteiger partial charge in [0.25, 0.3) is 0 Å². The maximum atomic E-state index is 3.57. The number of nitrogens with one attached hydrogen (secondary N) is 1. The van der Waals surface area contributed by atoms with Gasteiger partial charge >= 0.3 is 0 Å². The number of halogens is 1. The van der Waals surface area contributed by atoms with Crippen LogP contribution >= 0.6 is 27.3 Å². The Kier molecular flexibility index (Phi) is 5.87. The number of nitrogens with zero attached hydrogens (tertiary/aromatic N) is 1. The van der Waals surface area contributed by atoms with E-state index < -0.39 is 0 Å². The first-order valence-electron chi connectivity index (χ1n) is 7.28. The molecule has 1 aromatic heterocycles. The molecule has 19 heavy (non-hydrogen) atoms. The van der Waals surface area contributed by atoms with Gasteiger partial charge in [0.1, 0.15) is 0 Å². The van der Waals surface area contributed by atoms with Gasteiger partial charge in [0.05, 0.1) is 0 Å². The Morgan fingerprint density at radius 2 is 2.26 bits per heavy atom. The monoisotopic (exact) mass is 344 g/mol. The smallest absolute Gasteiger partial charge is 0.0416 e. The predicted molar refractivity (Wildman–Crippen MR) is 87.9 cm³/mol. The van der Waals surface area contributed by atoms with Gasteiger partial charge in [0, 0.05) is 33.4 Å². The molecule has 4 heteroatoms. The van der Waals surface area contributed by atoms with Gasteiger partial charge in [-0.2, -0.15) is 0 Å². The first-order chi connectivity index (χ1) is 9.08. The number of hydrogen-bond donors (Lipinski definition) is 1. The van der Waals surface area contributed by atoms with Crippen LogP contribution in [0, 0.1) is 5.92 Å². The summed E-state index contributed by atoms with van der Waals surface area (Å²) in [6.45, 7) is 10.6. The summed E-state index contributed by atoms with van der Waals surface area (Å²) in [7, 11) is 0. The highest BCUT2D eigenvalue weighted by atomic mass is 79.9. The highest BCUT2D eigenvalue weighted by molar-refractivity contribution is 9.10. The van der Waals surface area contributed by atoms with Crippen LogP contribution in [0.1, 0.15) is 44.5 Å². The van der Waals surface area contributed by atoms with Crippen molar-refractivity contribution in [2.24, 2.45) is 5.92 Å². The van der Waals surface area contributed by atoms with E-state index in [1.165, 1.54) is 41.8 Å². The molecule has 1 saturated heterocycles. The Morgan fingerprint density at radius 1 is 1.47 bits per heavy atom. The topological polar surface area (TPSA) is 15.3 Å². The Balaban J connectivity index is 2.02. The average Bonchev–Trinajstić information content (AvgIpc) is 2.83. The first-order valence-corrected chi connectivity index (χ1v) is 8.95. The molecule has 2 rings (SSSR count). The van der Waals surface area contributed by atoms with Crippen molar-refractivity contribution in [3.63, 3.8) is 0 Å². The van der Waals surface area contributed by atoms with E-state index in [2.05, 4.69) is 58.4 Å². The van der Waals surface area contributed by atoms with Crippen LogP contribution in [0.3, 0.4) is 0 Å². The lowest BCUT2D eigenvalue weighted by molar-refractivity contribution is 0.128. The van der Waals surface area contributed by atoms with Crippen LogP contribution < -0.4 is 5.32 Å². The second-order valence-corrected chi connectivity index (χ2v) is 7.70. The van der Waals surface area contributed by atoms with Crippen LogP contribution in [0.2, 0.25) is 0 Å². The zero-order valence-corrected chi connectivity index (χ0v) is 14.6. The van der Waals surface area contributed by atoms with E-state index in [-0.39, 0.29) is 0 Å². The summed E-state index contributed by atoms with van der Waals surface area (Å²) < 4.78 is 1.21. The summed E-state index contributed by atoms with van der Waals surface area (Å²) in [5, 5.41) is 5.72. The summed E-state index contributed by atoms with van der Waals surface area (Å²) in [4.78, 5) is 4.11. The number of rotatable bonds is 5. The SMILES string of the molecule is CC(C)N(CC1CCCNC1)C(C)c1cc(Br)cs1. The fourth-order valence-electron chi connectivity index (χ4n) is 2.90. The van der Waals surface area contributed by atoms with Crippen molar-refractivity contribution in [3.05, 3.63) is 20.8 Å². The minimum absolute atomic E-state index is 0.512. The molecule has 2 atom stereocenters. The average molecular weight is 345 g/mol. The Labute approximate surface area is 129 Å². The van der Waals surface area contributed by atoms with Gasteiger partial charge < -0.3 is 5.32 Å². The van der Waals surface area contributed by atoms with Crippen LogP contribution in [0.15, 0.2) is 15.9 Å². The van der Waals surface area contributed by atoms with Crippen molar-refractivity contribution in [2.45, 2.75) is 45.7 Å². The Bertz CT molecular complexity index is 385. The summed E-state index contributed by atoms with van der Waals surface area (Å²) in [5.41, 5.74) is 0. The van der Waals surface area contributed by atoms with E-state index in [9.17, 15) is 0 Å². The van der Waals surface area contributed by atoms with Crippen LogP contribution in [-0.4, -0.2) is 30.6 Å². The van der Waals surface area contributed by atoms with Crippen molar-refractivity contribution in [1.82, 2.24) is 10.2 Å². The minimum atomic E-state index is 0.512. The molecule has 0 aromatic carbocycles. The molecule has 1 aliphatic heterocycles. The fraction of sp³-hybridized carbons (Fsp3) is 0.733. The van der Waals surface area contributed by atoms with Gasteiger partial charge in [-0.25, -0.2) is 0 Å². The van der Waals surface area contributed by atoms with Crippen molar-refractivity contribution < 1.29 is 0 Å². The zero-order valence-electron chi connectivity index (χ0n) is 12.2. The highest BCUT2D eigenvalue weighted by Crippen LogP contribution is 2.31. The van der Waals surface area contributed by atoms with Crippen molar-refractivity contribution >= 4 is 27.3 Å². The predicted octanol–water partition coefficient (Wildman–Crippen LogP) is 4.28. The molecule has 0 aliphatic carbocycles.